The number of nitrogens with zero attached hydrogens (tertiary/aromatic N) is 4. The van der Waals surface area contributed by atoms with E-state index < -0.39 is 17.6 Å². The number of benzene rings is 1. The summed E-state index contributed by atoms with van der Waals surface area (Å²) in [4.78, 5) is 28.2. The summed E-state index contributed by atoms with van der Waals surface area (Å²) in [6.07, 6.45) is 4.41. The Bertz CT molecular complexity index is 1380. The van der Waals surface area contributed by atoms with Crippen molar-refractivity contribution < 1.29 is 27.1 Å². The second-order valence-electron chi connectivity index (χ2n) is 11.2. The molecule has 2 heterocycles. The first-order valence-electron chi connectivity index (χ1n) is 13.7. The molecule has 0 atom stereocenters. The molecule has 0 radical (unpaired) electrons. The Kier molecular flexibility index (Phi) is 7.85. The number of ether oxygens (including phenoxy) is 1. The van der Waals surface area contributed by atoms with Gasteiger partial charge in [-0.3, -0.25) is 9.78 Å². The van der Waals surface area contributed by atoms with Gasteiger partial charge in [0.2, 0.25) is 5.91 Å². The number of carbonyl (C=O) groups excluding carboxylic acids is 1. The summed E-state index contributed by atoms with van der Waals surface area (Å²) in [5.41, 5.74) is 0.972. The van der Waals surface area contributed by atoms with Crippen LogP contribution in [-0.2, 0) is 16.4 Å². The molecule has 10 heteroatoms. The van der Waals surface area contributed by atoms with Gasteiger partial charge in [-0.25, -0.2) is 14.4 Å². The molecular formula is C31H32F4N4O2. The van der Waals surface area contributed by atoms with Crippen molar-refractivity contribution in [1.29, 1.82) is 0 Å². The first-order chi connectivity index (χ1) is 19.5. The van der Waals surface area contributed by atoms with Crippen molar-refractivity contribution in [3.05, 3.63) is 78.7 Å². The Hall–Kier alpha value is -3.82. The van der Waals surface area contributed by atoms with Crippen LogP contribution in [0.3, 0.4) is 0 Å². The summed E-state index contributed by atoms with van der Waals surface area (Å²) in [5, 5.41) is 0. The van der Waals surface area contributed by atoms with Gasteiger partial charge in [-0.1, -0.05) is 18.7 Å². The molecule has 3 aliphatic rings. The van der Waals surface area contributed by atoms with Crippen LogP contribution in [0.5, 0.6) is 5.75 Å². The van der Waals surface area contributed by atoms with Gasteiger partial charge in [0.1, 0.15) is 0 Å². The number of allylic oxidation sites excluding steroid dienone is 1. The molecule has 1 aromatic carbocycles. The number of aromatic nitrogens is 3. The van der Waals surface area contributed by atoms with E-state index in [0.29, 0.717) is 29.5 Å². The van der Waals surface area contributed by atoms with E-state index in [1.54, 1.807) is 17.3 Å². The van der Waals surface area contributed by atoms with Crippen molar-refractivity contribution >= 4 is 11.6 Å². The van der Waals surface area contributed by atoms with Crippen LogP contribution in [0.4, 0.5) is 23.2 Å². The fourth-order valence-corrected chi connectivity index (χ4v) is 6.18. The van der Waals surface area contributed by atoms with Crippen LogP contribution in [-0.4, -0.2) is 34.5 Å². The van der Waals surface area contributed by atoms with E-state index in [-0.39, 0.29) is 29.6 Å². The third-order valence-electron chi connectivity index (χ3n) is 8.72. The van der Waals surface area contributed by atoms with Crippen LogP contribution in [0.15, 0.2) is 67.4 Å². The van der Waals surface area contributed by atoms with E-state index in [1.807, 2.05) is 24.3 Å². The maximum absolute atomic E-state index is 13.5. The number of hydrogen-bond acceptors (Lipinski definition) is 5. The summed E-state index contributed by atoms with van der Waals surface area (Å²) >= 11 is 0. The zero-order valence-electron chi connectivity index (χ0n) is 22.9. The van der Waals surface area contributed by atoms with E-state index in [0.717, 1.165) is 56.4 Å². The van der Waals surface area contributed by atoms with E-state index in [1.165, 1.54) is 13.2 Å². The lowest BCUT2D eigenvalue weighted by Gasteiger charge is -2.54. The average molecular weight is 569 g/mol. The highest BCUT2D eigenvalue weighted by molar-refractivity contribution is 5.94. The summed E-state index contributed by atoms with van der Waals surface area (Å²) < 4.78 is 57.9. The van der Waals surface area contributed by atoms with Crippen molar-refractivity contribution in [3.8, 4) is 17.1 Å². The topological polar surface area (TPSA) is 68.2 Å². The second kappa shape index (κ2) is 11.2. The molecule has 0 aliphatic heterocycles. The third-order valence-corrected chi connectivity index (χ3v) is 8.72. The lowest BCUT2D eigenvalue weighted by atomic mass is 9.52. The van der Waals surface area contributed by atoms with Crippen molar-refractivity contribution in [2.45, 2.75) is 63.0 Å². The number of fused-ring (bicyclic) bond motifs is 3. The minimum absolute atomic E-state index is 0.00586. The second-order valence-corrected chi connectivity index (χ2v) is 11.2. The van der Waals surface area contributed by atoms with Gasteiger partial charge in [-0.05, 0) is 68.2 Å². The molecule has 2 aromatic heterocycles. The van der Waals surface area contributed by atoms with Crippen molar-refractivity contribution in [2.24, 2.45) is 5.41 Å². The molecule has 0 spiro atoms. The molecule has 6 rings (SSSR count). The highest BCUT2D eigenvalue weighted by Crippen LogP contribution is 2.58. The fourth-order valence-electron chi connectivity index (χ4n) is 6.18. The van der Waals surface area contributed by atoms with E-state index >= 15 is 0 Å². The Labute approximate surface area is 236 Å². The molecule has 3 aromatic rings. The van der Waals surface area contributed by atoms with Gasteiger partial charge in [0.15, 0.2) is 11.6 Å². The minimum atomic E-state index is -4.42. The fraction of sp³-hybridized carbons (Fsp3) is 0.419. The molecule has 41 heavy (non-hydrogen) atoms. The van der Waals surface area contributed by atoms with Gasteiger partial charge in [-0.2, -0.15) is 13.2 Å². The zero-order valence-corrected chi connectivity index (χ0v) is 22.9. The smallest absolute Gasteiger partial charge is 0.417 e. The van der Waals surface area contributed by atoms with E-state index in [9.17, 15) is 22.4 Å². The molecule has 6 nitrogen and oxygen atoms in total. The van der Waals surface area contributed by atoms with Gasteiger partial charge in [-0.15, -0.1) is 0 Å². The Morgan fingerprint density at radius 1 is 0.976 bits per heavy atom. The van der Waals surface area contributed by atoms with Gasteiger partial charge in [0, 0.05) is 47.9 Å². The summed E-state index contributed by atoms with van der Waals surface area (Å²) in [6.45, 7) is 3.77. The first kappa shape index (κ1) is 28.7. The highest BCUT2D eigenvalue weighted by Gasteiger charge is 2.51. The van der Waals surface area contributed by atoms with Crippen LogP contribution >= 0.6 is 0 Å². The third kappa shape index (κ3) is 6.11. The molecule has 3 saturated carbocycles. The number of hydrogen-bond donors (Lipinski definition) is 0. The van der Waals surface area contributed by atoms with Crippen LogP contribution in [0, 0.1) is 5.41 Å². The first-order valence-corrected chi connectivity index (χ1v) is 13.7. The molecule has 0 unspecified atom stereocenters. The van der Waals surface area contributed by atoms with Gasteiger partial charge in [0.05, 0.1) is 30.9 Å². The SMILES string of the molecule is C=C(F)CCC(=O)N(CC12CCC(c3ccc(C(F)(F)F)cn3)(CC1)CC2)c1cccc(-c2ncc(OC)cn2)c1. The van der Waals surface area contributed by atoms with Crippen molar-refractivity contribution in [3.63, 3.8) is 0 Å². The van der Waals surface area contributed by atoms with Crippen LogP contribution in [0.2, 0.25) is 0 Å². The summed E-state index contributed by atoms with van der Waals surface area (Å²) in [5.74, 6) is 0.280. The quantitative estimate of drug-likeness (QED) is 0.251. The highest BCUT2D eigenvalue weighted by atomic mass is 19.4. The standard InChI is InChI=1S/C31H32F4N4O2/c1-21(32)6-9-27(40)39(24-5-3-4-22(16-24)28-37-18-25(41-2)19-38-28)20-29-10-13-30(14-11-29,15-12-29)26-8-7-23(17-36-26)31(33,34)35/h3-5,7-8,16-19H,1,6,9-15,20H2,2H3. The molecule has 2 bridgehead atoms. The monoisotopic (exact) mass is 568 g/mol. The zero-order chi connectivity index (χ0) is 29.3. The van der Waals surface area contributed by atoms with Crippen LogP contribution in [0.25, 0.3) is 11.4 Å². The molecule has 3 fully saturated rings. The van der Waals surface area contributed by atoms with Crippen molar-refractivity contribution in [1.82, 2.24) is 15.0 Å². The normalized spacial score (nSPS) is 21.9. The molecule has 216 valence electrons. The molecule has 0 N–H and O–H groups in total. The lowest BCUT2D eigenvalue weighted by molar-refractivity contribution is -0.137. The number of methoxy groups -OCH3 is 1. The predicted molar refractivity (Wildman–Crippen MR) is 147 cm³/mol. The largest absolute Gasteiger partial charge is 0.494 e. The maximum atomic E-state index is 13.5. The van der Waals surface area contributed by atoms with Gasteiger partial charge >= 0.3 is 6.18 Å². The maximum Gasteiger partial charge on any atom is 0.417 e. The molecular weight excluding hydrogens is 536 g/mol. The number of anilines is 1. The van der Waals surface area contributed by atoms with Crippen LogP contribution < -0.4 is 9.64 Å². The number of carbonyl (C=O) groups is 1. The number of halogens is 4. The molecule has 3 aliphatic carbocycles. The average Bonchev–Trinajstić information content (AvgIpc) is 2.99. The Morgan fingerprint density at radius 2 is 1.66 bits per heavy atom. The molecule has 1 amide bonds. The van der Waals surface area contributed by atoms with E-state index in [2.05, 4.69) is 21.5 Å². The van der Waals surface area contributed by atoms with Gasteiger partial charge in [0.25, 0.3) is 0 Å². The van der Waals surface area contributed by atoms with Gasteiger partial charge < -0.3 is 9.64 Å². The Morgan fingerprint density at radius 3 is 2.22 bits per heavy atom. The lowest BCUT2D eigenvalue weighted by Crippen LogP contribution is -2.51. The summed E-state index contributed by atoms with van der Waals surface area (Å²) in [7, 11) is 1.54. The minimum Gasteiger partial charge on any atom is -0.494 e. The molecule has 0 saturated heterocycles. The number of pyridine rings is 1. The summed E-state index contributed by atoms with van der Waals surface area (Å²) in [6, 6.07) is 10.1. The Balaban J connectivity index is 1.37. The number of alkyl halides is 3. The van der Waals surface area contributed by atoms with E-state index in [4.69, 9.17) is 4.74 Å². The number of amides is 1. The van der Waals surface area contributed by atoms with Crippen molar-refractivity contribution in [2.75, 3.05) is 18.6 Å². The van der Waals surface area contributed by atoms with Crippen LogP contribution in [0.1, 0.15) is 62.6 Å². The number of rotatable bonds is 9. The predicted octanol–water partition coefficient (Wildman–Crippen LogP) is 7.45.